The van der Waals surface area contributed by atoms with E-state index in [1.54, 1.807) is 6.07 Å². The number of alkyl halides is 2. The standard InChI is InChI=1S/C14H16F3N/c15-10-1-4-12(14(5-6-14)13(16)17)9(7-10)8-18-11-2-3-11/h1,4,7,11,13,18H,2-3,5-6,8H2. The third-order valence-corrected chi connectivity index (χ3v) is 3.97. The van der Waals surface area contributed by atoms with E-state index < -0.39 is 11.8 Å². The first kappa shape index (κ1) is 12.0. The fourth-order valence-electron chi connectivity index (χ4n) is 2.48. The fraction of sp³-hybridized carbons (Fsp3) is 0.571. The Morgan fingerprint density at radius 1 is 1.28 bits per heavy atom. The van der Waals surface area contributed by atoms with Crippen LogP contribution in [0.25, 0.3) is 0 Å². The van der Waals surface area contributed by atoms with Crippen molar-refractivity contribution in [3.63, 3.8) is 0 Å². The molecule has 0 bridgehead atoms. The molecule has 0 amide bonds. The first-order chi connectivity index (χ1) is 8.62. The summed E-state index contributed by atoms with van der Waals surface area (Å²) >= 11 is 0. The predicted molar refractivity (Wildman–Crippen MR) is 63.2 cm³/mol. The number of benzene rings is 1. The minimum absolute atomic E-state index is 0.351. The van der Waals surface area contributed by atoms with Gasteiger partial charge in [0.2, 0.25) is 6.43 Å². The molecule has 1 aromatic rings. The first-order valence-corrected chi connectivity index (χ1v) is 6.42. The van der Waals surface area contributed by atoms with Crippen molar-refractivity contribution in [3.05, 3.63) is 35.1 Å². The van der Waals surface area contributed by atoms with Crippen molar-refractivity contribution >= 4 is 0 Å². The topological polar surface area (TPSA) is 12.0 Å². The van der Waals surface area contributed by atoms with Crippen molar-refractivity contribution in [1.29, 1.82) is 0 Å². The minimum atomic E-state index is -2.36. The van der Waals surface area contributed by atoms with E-state index in [2.05, 4.69) is 5.32 Å². The average molecular weight is 255 g/mol. The van der Waals surface area contributed by atoms with Gasteiger partial charge in [-0.05, 0) is 48.9 Å². The van der Waals surface area contributed by atoms with Gasteiger partial charge in [0.25, 0.3) is 0 Å². The maximum Gasteiger partial charge on any atom is 0.248 e. The van der Waals surface area contributed by atoms with Crippen molar-refractivity contribution in [3.8, 4) is 0 Å². The molecule has 0 heterocycles. The molecule has 0 aromatic heterocycles. The molecule has 2 aliphatic carbocycles. The molecular formula is C14H16F3N. The first-order valence-electron chi connectivity index (χ1n) is 6.42. The lowest BCUT2D eigenvalue weighted by Crippen LogP contribution is -2.23. The number of rotatable bonds is 5. The summed E-state index contributed by atoms with van der Waals surface area (Å²) in [5, 5.41) is 3.27. The van der Waals surface area contributed by atoms with Crippen molar-refractivity contribution in [2.75, 3.05) is 0 Å². The van der Waals surface area contributed by atoms with Crippen LogP contribution in [0.3, 0.4) is 0 Å². The van der Waals surface area contributed by atoms with E-state index in [0.717, 1.165) is 12.8 Å². The van der Waals surface area contributed by atoms with Gasteiger partial charge in [0.15, 0.2) is 0 Å². The van der Waals surface area contributed by atoms with Crippen LogP contribution in [0.5, 0.6) is 0 Å². The third-order valence-electron chi connectivity index (χ3n) is 3.97. The second-order valence-corrected chi connectivity index (χ2v) is 5.41. The Kier molecular flexibility index (Phi) is 2.85. The van der Waals surface area contributed by atoms with Crippen LogP contribution in [0.2, 0.25) is 0 Å². The molecule has 2 saturated carbocycles. The van der Waals surface area contributed by atoms with Crippen LogP contribution in [0.1, 0.15) is 36.8 Å². The number of hydrogen-bond acceptors (Lipinski definition) is 1. The van der Waals surface area contributed by atoms with E-state index in [9.17, 15) is 13.2 Å². The van der Waals surface area contributed by atoms with Gasteiger partial charge in [-0.1, -0.05) is 6.07 Å². The molecule has 2 fully saturated rings. The van der Waals surface area contributed by atoms with Gasteiger partial charge in [0.05, 0.1) is 5.41 Å². The molecule has 1 aromatic carbocycles. The minimum Gasteiger partial charge on any atom is -0.310 e. The van der Waals surface area contributed by atoms with Crippen molar-refractivity contribution in [2.24, 2.45) is 0 Å². The smallest absolute Gasteiger partial charge is 0.248 e. The van der Waals surface area contributed by atoms with E-state index in [4.69, 9.17) is 0 Å². The molecule has 0 spiro atoms. The Balaban J connectivity index is 1.87. The maximum absolute atomic E-state index is 13.3. The van der Waals surface area contributed by atoms with E-state index in [1.165, 1.54) is 12.1 Å². The van der Waals surface area contributed by atoms with Crippen molar-refractivity contribution < 1.29 is 13.2 Å². The van der Waals surface area contributed by atoms with E-state index >= 15 is 0 Å². The molecule has 0 saturated heterocycles. The highest BCUT2D eigenvalue weighted by atomic mass is 19.3. The Bertz CT molecular complexity index is 450. The van der Waals surface area contributed by atoms with Crippen LogP contribution in [-0.4, -0.2) is 12.5 Å². The third kappa shape index (κ3) is 2.14. The summed E-state index contributed by atoms with van der Waals surface area (Å²) in [6, 6.07) is 4.71. The SMILES string of the molecule is Fc1ccc(C2(C(F)F)CC2)c(CNC2CC2)c1. The van der Waals surface area contributed by atoms with Gasteiger partial charge in [0.1, 0.15) is 5.82 Å². The van der Waals surface area contributed by atoms with Gasteiger partial charge in [0, 0.05) is 12.6 Å². The Morgan fingerprint density at radius 3 is 2.56 bits per heavy atom. The van der Waals surface area contributed by atoms with Crippen LogP contribution in [0.15, 0.2) is 18.2 Å². The zero-order valence-electron chi connectivity index (χ0n) is 10.1. The lowest BCUT2D eigenvalue weighted by molar-refractivity contribution is 0.101. The molecular weight excluding hydrogens is 239 g/mol. The monoisotopic (exact) mass is 255 g/mol. The van der Waals surface area contributed by atoms with Gasteiger partial charge in [-0.2, -0.15) is 0 Å². The van der Waals surface area contributed by atoms with E-state index in [-0.39, 0.29) is 5.82 Å². The second kappa shape index (κ2) is 4.26. The van der Waals surface area contributed by atoms with Crippen LogP contribution in [-0.2, 0) is 12.0 Å². The molecule has 2 aliphatic rings. The van der Waals surface area contributed by atoms with E-state index in [0.29, 0.717) is 36.6 Å². The van der Waals surface area contributed by atoms with E-state index in [1.807, 2.05) is 0 Å². The molecule has 0 atom stereocenters. The van der Waals surface area contributed by atoms with Crippen LogP contribution in [0, 0.1) is 5.82 Å². The van der Waals surface area contributed by atoms with Crippen molar-refractivity contribution in [2.45, 2.75) is 50.1 Å². The van der Waals surface area contributed by atoms with Gasteiger partial charge < -0.3 is 5.32 Å². The Labute approximate surface area is 104 Å². The maximum atomic E-state index is 13.3. The fourth-order valence-corrected chi connectivity index (χ4v) is 2.48. The van der Waals surface area contributed by atoms with Crippen LogP contribution in [0.4, 0.5) is 13.2 Å². The zero-order valence-corrected chi connectivity index (χ0v) is 10.1. The molecule has 0 radical (unpaired) electrons. The second-order valence-electron chi connectivity index (χ2n) is 5.41. The van der Waals surface area contributed by atoms with Gasteiger partial charge in [-0.3, -0.25) is 0 Å². The molecule has 1 nitrogen and oxygen atoms in total. The number of nitrogens with one attached hydrogen (secondary N) is 1. The number of hydrogen-bond donors (Lipinski definition) is 1. The number of halogens is 3. The van der Waals surface area contributed by atoms with Gasteiger partial charge in [-0.25, -0.2) is 13.2 Å². The van der Waals surface area contributed by atoms with Crippen LogP contribution >= 0.6 is 0 Å². The summed E-state index contributed by atoms with van der Waals surface area (Å²) in [5.41, 5.74) is 0.320. The van der Waals surface area contributed by atoms with Crippen molar-refractivity contribution in [1.82, 2.24) is 5.32 Å². The molecule has 1 N–H and O–H groups in total. The van der Waals surface area contributed by atoms with Crippen LogP contribution < -0.4 is 5.32 Å². The highest BCUT2D eigenvalue weighted by molar-refractivity contribution is 5.40. The molecule has 0 aliphatic heterocycles. The quantitative estimate of drug-likeness (QED) is 0.850. The average Bonchev–Trinajstić information content (AvgIpc) is 3.20. The summed E-state index contributed by atoms with van der Waals surface area (Å²) < 4.78 is 39.6. The largest absolute Gasteiger partial charge is 0.310 e. The Hall–Kier alpha value is -1.03. The molecule has 3 rings (SSSR count). The lowest BCUT2D eigenvalue weighted by Gasteiger charge is -2.19. The summed E-state index contributed by atoms with van der Waals surface area (Å²) in [7, 11) is 0. The molecule has 0 unspecified atom stereocenters. The lowest BCUT2D eigenvalue weighted by atomic mass is 9.91. The van der Waals surface area contributed by atoms with Gasteiger partial charge >= 0.3 is 0 Å². The summed E-state index contributed by atoms with van der Waals surface area (Å²) in [5.74, 6) is -0.351. The molecule has 98 valence electrons. The molecule has 4 heteroatoms. The predicted octanol–water partition coefficient (Wildman–Crippen LogP) is 3.37. The normalized spacial score (nSPS) is 21.3. The Morgan fingerprint density at radius 2 is 2.00 bits per heavy atom. The highest BCUT2D eigenvalue weighted by Gasteiger charge is 2.53. The highest BCUT2D eigenvalue weighted by Crippen LogP contribution is 2.53. The van der Waals surface area contributed by atoms with Gasteiger partial charge in [-0.15, -0.1) is 0 Å². The summed E-state index contributed by atoms with van der Waals surface area (Å²) in [6.45, 7) is 0.492. The zero-order chi connectivity index (χ0) is 12.8. The summed E-state index contributed by atoms with van der Waals surface area (Å²) in [4.78, 5) is 0. The molecule has 18 heavy (non-hydrogen) atoms. The summed E-state index contributed by atoms with van der Waals surface area (Å²) in [6.07, 6.45) is 0.914.